The summed E-state index contributed by atoms with van der Waals surface area (Å²) < 4.78 is 6.41. The van der Waals surface area contributed by atoms with Crippen LogP contribution in [-0.2, 0) is 14.3 Å². The number of carboxylic acid groups (broad SMARTS) is 1. The van der Waals surface area contributed by atoms with Gasteiger partial charge in [0.2, 0.25) is 10.7 Å². The number of fused-ring (bicyclic) bond motifs is 3. The lowest BCUT2D eigenvalue weighted by Crippen LogP contribution is -2.09. The third-order valence-electron chi connectivity index (χ3n) is 4.11. The smallest absolute Gasteiger partial charge is 0.362 e. The second-order valence-corrected chi connectivity index (χ2v) is 8.04. The van der Waals surface area contributed by atoms with Gasteiger partial charge >= 0.3 is 5.97 Å². The number of benzene rings is 2. The van der Waals surface area contributed by atoms with Crippen molar-refractivity contribution in [3.05, 3.63) is 74.6 Å². The summed E-state index contributed by atoms with van der Waals surface area (Å²) in [4.78, 5) is 37.9. The highest BCUT2D eigenvalue weighted by Gasteiger charge is 2.22. The maximum absolute atomic E-state index is 12.4. The van der Waals surface area contributed by atoms with E-state index in [2.05, 4.69) is 20.3 Å². The van der Waals surface area contributed by atoms with E-state index in [1.54, 1.807) is 55.5 Å². The second kappa shape index (κ2) is 11.3. The zero-order valence-corrected chi connectivity index (χ0v) is 19.9. The van der Waals surface area contributed by atoms with E-state index in [1.807, 2.05) is 0 Å². The number of para-hydroxylation sites is 1. The Hall–Kier alpha value is -4.16. The summed E-state index contributed by atoms with van der Waals surface area (Å²) in [7, 11) is 0. The Labute approximate surface area is 206 Å². The minimum Gasteiger partial charge on any atom is -0.503 e. The third kappa shape index (κ3) is 6.25. The van der Waals surface area contributed by atoms with Crippen molar-refractivity contribution in [2.45, 2.75) is 13.8 Å². The molecule has 4 rings (SSSR count). The Bertz CT molecular complexity index is 1510. The first kappa shape index (κ1) is 25.5. The number of azo groups is 1. The normalized spacial score (nSPS) is 11.7. The first-order chi connectivity index (χ1) is 16.7. The highest BCUT2D eigenvalue weighted by atomic mass is 35.5. The fraction of sp³-hybridized carbons (Fsp3) is 0.136. The second-order valence-electron chi connectivity index (χ2n) is 6.65. The predicted octanol–water partition coefficient (Wildman–Crippen LogP) is 4.62. The average molecular weight is 516 g/mol. The van der Waals surface area contributed by atoms with Crippen molar-refractivity contribution in [3.8, 4) is 0 Å². The molecule has 2 aromatic heterocycles. The number of aliphatic carboxylic acids is 1. The maximum Gasteiger partial charge on any atom is 0.362 e. The van der Waals surface area contributed by atoms with E-state index in [0.29, 0.717) is 21.6 Å². The molecule has 0 radical (unpaired) electrons. The molecule has 4 aromatic rings. The van der Waals surface area contributed by atoms with Crippen LogP contribution in [0, 0.1) is 0 Å². The Kier molecular flexibility index (Phi) is 8.23. The van der Waals surface area contributed by atoms with E-state index in [4.69, 9.17) is 26.2 Å². The summed E-state index contributed by atoms with van der Waals surface area (Å²) in [6.45, 7) is 2.79. The molecule has 0 aliphatic heterocycles. The number of aliphatic hydroxyl groups is 1. The first-order valence-corrected chi connectivity index (χ1v) is 11.2. The fourth-order valence-corrected chi connectivity index (χ4v) is 3.66. The Morgan fingerprint density at radius 3 is 2.46 bits per heavy atom. The first-order valence-electron chi connectivity index (χ1n) is 9.97. The number of carbonyl (C=O) groups excluding carboxylic acids is 1. The van der Waals surface area contributed by atoms with Gasteiger partial charge in [-0.15, -0.1) is 5.11 Å². The number of carboxylic acids is 1. The lowest BCUT2D eigenvalue weighted by atomic mass is 10.2. The van der Waals surface area contributed by atoms with Crippen LogP contribution in [-0.4, -0.2) is 43.4 Å². The molecule has 0 aliphatic carbocycles. The highest BCUT2D eigenvalue weighted by Crippen LogP contribution is 2.26. The van der Waals surface area contributed by atoms with Gasteiger partial charge in [-0.2, -0.15) is 15.2 Å². The molecule has 0 atom stereocenters. The molecule has 0 unspecified atom stereocenters. The molecule has 0 spiro atoms. The highest BCUT2D eigenvalue weighted by molar-refractivity contribution is 7.17. The van der Waals surface area contributed by atoms with Gasteiger partial charge in [0.05, 0.1) is 23.2 Å². The van der Waals surface area contributed by atoms with Gasteiger partial charge in [-0.25, -0.2) is 9.31 Å². The molecule has 0 fully saturated rings. The third-order valence-corrected chi connectivity index (χ3v) is 5.27. The summed E-state index contributed by atoms with van der Waals surface area (Å²) in [5.74, 6) is -2.24. The largest absolute Gasteiger partial charge is 0.503 e. The fourth-order valence-electron chi connectivity index (χ4n) is 2.69. The van der Waals surface area contributed by atoms with Gasteiger partial charge in [-0.1, -0.05) is 35.1 Å². The number of ether oxygens (including phenoxy) is 1. The van der Waals surface area contributed by atoms with E-state index in [0.717, 1.165) is 18.3 Å². The maximum atomic E-state index is 12.4. The molecule has 180 valence electrons. The number of esters is 1. The lowest BCUT2D eigenvalue weighted by Gasteiger charge is -2.03. The van der Waals surface area contributed by atoms with Crippen molar-refractivity contribution >= 4 is 62.2 Å². The van der Waals surface area contributed by atoms with Crippen molar-refractivity contribution < 1.29 is 24.5 Å². The number of hydrogen-bond acceptors (Lipinski definition) is 10. The van der Waals surface area contributed by atoms with Crippen molar-refractivity contribution in [1.29, 1.82) is 0 Å². The van der Waals surface area contributed by atoms with Crippen LogP contribution in [0.5, 0.6) is 0 Å². The number of carbonyl (C=O) groups is 2. The summed E-state index contributed by atoms with van der Waals surface area (Å²) in [5.41, 5.74) is 0.0972. The van der Waals surface area contributed by atoms with Crippen LogP contribution >= 0.6 is 22.9 Å². The lowest BCUT2D eigenvalue weighted by molar-refractivity contribution is -0.138. The van der Waals surface area contributed by atoms with Crippen LogP contribution in [0.1, 0.15) is 18.9 Å². The van der Waals surface area contributed by atoms with Gasteiger partial charge in [0, 0.05) is 11.9 Å². The van der Waals surface area contributed by atoms with Crippen LogP contribution < -0.4 is 5.56 Å². The summed E-state index contributed by atoms with van der Waals surface area (Å²) in [5, 5.41) is 31.3. The van der Waals surface area contributed by atoms with Crippen molar-refractivity contribution in [3.63, 3.8) is 0 Å². The molecule has 13 heteroatoms. The molecule has 2 aromatic carbocycles. The van der Waals surface area contributed by atoms with Crippen LogP contribution in [0.4, 0.5) is 5.69 Å². The molecule has 35 heavy (non-hydrogen) atoms. The molecule has 0 bridgehead atoms. The van der Waals surface area contributed by atoms with Crippen molar-refractivity contribution in [1.82, 2.24) is 14.6 Å². The summed E-state index contributed by atoms with van der Waals surface area (Å²) >= 11 is 6.78. The van der Waals surface area contributed by atoms with Crippen LogP contribution in [0.2, 0.25) is 5.02 Å². The molecule has 0 aliphatic rings. The van der Waals surface area contributed by atoms with Gasteiger partial charge in [-0.3, -0.25) is 9.59 Å². The number of aromatic nitrogens is 3. The minimum absolute atomic E-state index is 0.0290. The van der Waals surface area contributed by atoms with Crippen LogP contribution in [0.25, 0.3) is 21.6 Å². The molecule has 0 amide bonds. The predicted molar refractivity (Wildman–Crippen MR) is 130 cm³/mol. The molecule has 0 saturated carbocycles. The number of rotatable bonds is 5. The molecule has 2 N–H and O–H groups in total. The Morgan fingerprint density at radius 2 is 1.80 bits per heavy atom. The SMILES string of the molecule is CC(=O)O.CCOC(=O)C(N=Nc1ccc(Cl)cc1)=C(O)c1nn2c(nc(=O)c3ccccc32)s1. The van der Waals surface area contributed by atoms with E-state index < -0.39 is 29.0 Å². The zero-order chi connectivity index (χ0) is 25.5. The minimum atomic E-state index is -0.871. The summed E-state index contributed by atoms with van der Waals surface area (Å²) in [6, 6.07) is 13.3. The van der Waals surface area contributed by atoms with E-state index in [1.165, 1.54) is 4.52 Å². The van der Waals surface area contributed by atoms with Gasteiger partial charge < -0.3 is 14.9 Å². The van der Waals surface area contributed by atoms with E-state index in [-0.39, 0.29) is 16.6 Å². The monoisotopic (exact) mass is 515 g/mol. The topological polar surface area (TPSA) is 156 Å². The van der Waals surface area contributed by atoms with Gasteiger partial charge in [0.1, 0.15) is 0 Å². The molecule has 2 heterocycles. The number of halogens is 1. The van der Waals surface area contributed by atoms with Crippen LogP contribution in [0.3, 0.4) is 0 Å². The Morgan fingerprint density at radius 1 is 1.14 bits per heavy atom. The standard InChI is InChI=1S/C20H14ClN5O4S.C2H4O2/c1-2-30-19(29)15(24-23-12-9-7-11(21)8-10-12)16(27)18-25-26-14-6-4-3-5-13(14)17(28)22-20(26)31-18;1-2(3)4/h3-10,27H,2H2,1H3;1H3,(H,3,4). The average Bonchev–Trinajstić information content (AvgIpc) is 3.24. The molecule has 0 saturated heterocycles. The van der Waals surface area contributed by atoms with Crippen LogP contribution in [0.15, 0.2) is 69.3 Å². The summed E-state index contributed by atoms with van der Waals surface area (Å²) in [6.07, 6.45) is 0. The van der Waals surface area contributed by atoms with Crippen molar-refractivity contribution in [2.75, 3.05) is 6.61 Å². The van der Waals surface area contributed by atoms with E-state index >= 15 is 0 Å². The molecule has 11 nitrogen and oxygen atoms in total. The molecular weight excluding hydrogens is 498 g/mol. The van der Waals surface area contributed by atoms with Gasteiger partial charge in [-0.05, 0) is 43.3 Å². The van der Waals surface area contributed by atoms with Crippen molar-refractivity contribution in [2.24, 2.45) is 10.2 Å². The number of hydrogen-bond donors (Lipinski definition) is 2. The number of nitrogens with zero attached hydrogens (tertiary/aromatic N) is 5. The van der Waals surface area contributed by atoms with E-state index in [9.17, 15) is 14.7 Å². The number of aliphatic hydroxyl groups excluding tert-OH is 1. The van der Waals surface area contributed by atoms with Gasteiger partial charge in [0.15, 0.2) is 10.8 Å². The van der Waals surface area contributed by atoms with Gasteiger partial charge in [0.25, 0.3) is 11.5 Å². The zero-order valence-electron chi connectivity index (χ0n) is 18.4. The Balaban J connectivity index is 0.000000795. The molecular formula is C22H18ClN5O6S. The quantitative estimate of drug-likeness (QED) is 0.169.